The molecule has 21 heavy (non-hydrogen) atoms. The Morgan fingerprint density at radius 2 is 1.90 bits per heavy atom. The Kier molecular flexibility index (Phi) is 6.68. The van der Waals surface area contributed by atoms with E-state index in [1.54, 1.807) is 6.92 Å². The first-order valence-corrected chi connectivity index (χ1v) is 6.98. The van der Waals surface area contributed by atoms with Gasteiger partial charge in [0.25, 0.3) is 0 Å². The first kappa shape index (κ1) is 17.5. The van der Waals surface area contributed by atoms with Crippen LogP contribution < -0.4 is 5.73 Å². The lowest BCUT2D eigenvalue weighted by atomic mass is 10.0. The largest absolute Gasteiger partial charge is 0.406 e. The molecule has 0 heterocycles. The minimum Gasteiger partial charge on any atom is -0.332 e. The first-order valence-electron chi connectivity index (χ1n) is 6.98. The molecule has 0 spiro atoms. The van der Waals surface area contributed by atoms with Crippen LogP contribution in [0.4, 0.5) is 13.2 Å². The van der Waals surface area contributed by atoms with E-state index >= 15 is 0 Å². The predicted molar refractivity (Wildman–Crippen MR) is 75.7 cm³/mol. The van der Waals surface area contributed by atoms with Gasteiger partial charge in [0.05, 0.1) is 6.04 Å². The van der Waals surface area contributed by atoms with Gasteiger partial charge >= 0.3 is 6.18 Å². The van der Waals surface area contributed by atoms with Crippen molar-refractivity contribution in [2.75, 3.05) is 13.1 Å². The number of carbonyl (C=O) groups excluding carboxylic acids is 1. The lowest BCUT2D eigenvalue weighted by Crippen LogP contribution is -2.47. The number of nitrogens with two attached hydrogens (primary N) is 1. The number of halogens is 3. The summed E-state index contributed by atoms with van der Waals surface area (Å²) in [6, 6.07) is 8.51. The van der Waals surface area contributed by atoms with Crippen molar-refractivity contribution in [3.8, 4) is 0 Å². The Morgan fingerprint density at radius 3 is 2.43 bits per heavy atom. The molecule has 0 bridgehead atoms. The number of alkyl halides is 3. The molecule has 118 valence electrons. The molecule has 1 rings (SSSR count). The number of hydrogen-bond donors (Lipinski definition) is 1. The maximum atomic E-state index is 12.5. The maximum Gasteiger partial charge on any atom is 0.406 e. The number of rotatable bonds is 7. The Morgan fingerprint density at radius 1 is 1.29 bits per heavy atom. The molecule has 2 N–H and O–H groups in total. The van der Waals surface area contributed by atoms with Gasteiger partial charge in [0.1, 0.15) is 6.54 Å². The van der Waals surface area contributed by atoms with Gasteiger partial charge in [-0.05, 0) is 24.8 Å². The van der Waals surface area contributed by atoms with Crippen molar-refractivity contribution < 1.29 is 18.0 Å². The molecule has 1 atom stereocenters. The average molecular weight is 302 g/mol. The van der Waals surface area contributed by atoms with Gasteiger partial charge in [-0.1, -0.05) is 37.3 Å². The molecule has 0 fully saturated rings. The smallest absolute Gasteiger partial charge is 0.332 e. The normalized spacial score (nSPS) is 13.0. The van der Waals surface area contributed by atoms with Crippen molar-refractivity contribution in [1.29, 1.82) is 0 Å². The van der Waals surface area contributed by atoms with Gasteiger partial charge < -0.3 is 10.6 Å². The Bertz CT molecular complexity index is 434. The van der Waals surface area contributed by atoms with E-state index in [2.05, 4.69) is 0 Å². The summed E-state index contributed by atoms with van der Waals surface area (Å²) in [6.07, 6.45) is -3.03. The summed E-state index contributed by atoms with van der Waals surface area (Å²) in [5.41, 5.74) is 6.77. The molecule has 0 aliphatic rings. The van der Waals surface area contributed by atoms with E-state index in [4.69, 9.17) is 5.73 Å². The van der Waals surface area contributed by atoms with Crippen LogP contribution in [0.15, 0.2) is 30.3 Å². The highest BCUT2D eigenvalue weighted by atomic mass is 19.4. The van der Waals surface area contributed by atoms with E-state index in [-0.39, 0.29) is 6.54 Å². The van der Waals surface area contributed by atoms with Crippen molar-refractivity contribution in [2.45, 2.75) is 38.4 Å². The highest BCUT2D eigenvalue weighted by molar-refractivity contribution is 5.81. The SMILES string of the molecule is CCCN(CC(F)(F)F)C(=O)C(N)CCc1ccccc1. The van der Waals surface area contributed by atoms with Crippen LogP contribution in [0.1, 0.15) is 25.3 Å². The molecule has 0 saturated carbocycles. The van der Waals surface area contributed by atoms with Crippen molar-refractivity contribution >= 4 is 5.91 Å². The summed E-state index contributed by atoms with van der Waals surface area (Å²) in [7, 11) is 0. The lowest BCUT2D eigenvalue weighted by molar-refractivity contribution is -0.162. The van der Waals surface area contributed by atoms with Crippen LogP contribution in [0.5, 0.6) is 0 Å². The van der Waals surface area contributed by atoms with Gasteiger partial charge in [0.15, 0.2) is 0 Å². The summed E-state index contributed by atoms with van der Waals surface area (Å²) < 4.78 is 37.4. The molecular formula is C15H21F3N2O. The second-order valence-electron chi connectivity index (χ2n) is 5.01. The Labute approximate surface area is 122 Å². The molecule has 1 amide bonds. The van der Waals surface area contributed by atoms with Crippen molar-refractivity contribution in [3.05, 3.63) is 35.9 Å². The van der Waals surface area contributed by atoms with Crippen LogP contribution in [0.2, 0.25) is 0 Å². The number of carbonyl (C=O) groups is 1. The number of aryl methyl sites for hydroxylation is 1. The van der Waals surface area contributed by atoms with Gasteiger partial charge in [-0.15, -0.1) is 0 Å². The third-order valence-corrected chi connectivity index (χ3v) is 3.08. The molecule has 0 aliphatic carbocycles. The molecule has 6 heteroatoms. The van der Waals surface area contributed by atoms with E-state index in [0.717, 1.165) is 10.5 Å². The van der Waals surface area contributed by atoms with Crippen LogP contribution in [0.25, 0.3) is 0 Å². The molecule has 3 nitrogen and oxygen atoms in total. The molecular weight excluding hydrogens is 281 g/mol. The summed E-state index contributed by atoms with van der Waals surface area (Å²) >= 11 is 0. The molecule has 1 unspecified atom stereocenters. The highest BCUT2D eigenvalue weighted by Crippen LogP contribution is 2.17. The second kappa shape index (κ2) is 8.02. The highest BCUT2D eigenvalue weighted by Gasteiger charge is 2.34. The second-order valence-corrected chi connectivity index (χ2v) is 5.01. The summed E-state index contributed by atoms with van der Waals surface area (Å²) in [5, 5.41) is 0. The van der Waals surface area contributed by atoms with Crippen molar-refractivity contribution in [1.82, 2.24) is 4.90 Å². The summed E-state index contributed by atoms with van der Waals surface area (Å²) in [6.45, 7) is 0.558. The van der Waals surface area contributed by atoms with Gasteiger partial charge in [-0.25, -0.2) is 0 Å². The predicted octanol–water partition coefficient (Wildman–Crippen LogP) is 2.75. The van der Waals surface area contributed by atoms with Gasteiger partial charge in [0, 0.05) is 6.54 Å². The van der Waals surface area contributed by atoms with E-state index < -0.39 is 24.7 Å². The van der Waals surface area contributed by atoms with Gasteiger partial charge in [0.2, 0.25) is 5.91 Å². The standard InChI is InChI=1S/C15H21F3N2O/c1-2-10-20(11-15(16,17)18)14(21)13(19)9-8-12-6-4-3-5-7-12/h3-7,13H,2,8-11,19H2,1H3. The van der Waals surface area contributed by atoms with Crippen LogP contribution >= 0.6 is 0 Å². The van der Waals surface area contributed by atoms with Crippen LogP contribution in [-0.4, -0.2) is 36.1 Å². The monoisotopic (exact) mass is 302 g/mol. The topological polar surface area (TPSA) is 46.3 Å². The van der Waals surface area contributed by atoms with E-state index in [1.807, 2.05) is 30.3 Å². The molecule has 0 radical (unpaired) electrons. The first-order chi connectivity index (χ1) is 9.83. The third-order valence-electron chi connectivity index (χ3n) is 3.08. The molecule has 0 aliphatic heterocycles. The molecule has 0 saturated heterocycles. The zero-order chi connectivity index (χ0) is 15.9. The van der Waals surface area contributed by atoms with Crippen LogP contribution in [-0.2, 0) is 11.2 Å². The van der Waals surface area contributed by atoms with E-state index in [9.17, 15) is 18.0 Å². The lowest BCUT2D eigenvalue weighted by Gasteiger charge is -2.26. The van der Waals surface area contributed by atoms with Gasteiger partial charge in [-0.3, -0.25) is 4.79 Å². The number of nitrogens with zero attached hydrogens (tertiary/aromatic N) is 1. The van der Waals surface area contributed by atoms with Crippen LogP contribution in [0.3, 0.4) is 0 Å². The van der Waals surface area contributed by atoms with E-state index in [0.29, 0.717) is 19.3 Å². The minimum absolute atomic E-state index is 0.0668. The van der Waals surface area contributed by atoms with Crippen molar-refractivity contribution in [2.24, 2.45) is 5.73 Å². The quantitative estimate of drug-likeness (QED) is 0.842. The summed E-state index contributed by atoms with van der Waals surface area (Å²) in [5.74, 6) is -0.634. The fraction of sp³-hybridized carbons (Fsp3) is 0.533. The minimum atomic E-state index is -4.40. The third kappa shape index (κ3) is 6.62. The zero-order valence-electron chi connectivity index (χ0n) is 12.1. The van der Waals surface area contributed by atoms with Crippen molar-refractivity contribution in [3.63, 3.8) is 0 Å². The maximum absolute atomic E-state index is 12.5. The Hall–Kier alpha value is -1.56. The van der Waals surface area contributed by atoms with Crippen LogP contribution in [0, 0.1) is 0 Å². The average Bonchev–Trinajstić information content (AvgIpc) is 2.43. The zero-order valence-corrected chi connectivity index (χ0v) is 12.1. The fourth-order valence-corrected chi connectivity index (χ4v) is 2.08. The molecule has 1 aromatic carbocycles. The van der Waals surface area contributed by atoms with Gasteiger partial charge in [-0.2, -0.15) is 13.2 Å². The summed E-state index contributed by atoms with van der Waals surface area (Å²) in [4.78, 5) is 12.8. The van der Waals surface area contributed by atoms with E-state index in [1.165, 1.54) is 0 Å². The number of amides is 1. The fourth-order valence-electron chi connectivity index (χ4n) is 2.08. The number of benzene rings is 1. The molecule has 0 aromatic heterocycles. The Balaban J connectivity index is 2.57. The number of hydrogen-bond acceptors (Lipinski definition) is 2. The molecule has 1 aromatic rings.